The van der Waals surface area contributed by atoms with Gasteiger partial charge in [0.25, 0.3) is 0 Å². The summed E-state index contributed by atoms with van der Waals surface area (Å²) in [6.45, 7) is 1.33. The number of H-pyrrole nitrogens is 1. The number of hydrogen-bond donors (Lipinski definition) is 1. The van der Waals surface area contributed by atoms with Crippen molar-refractivity contribution in [2.75, 3.05) is 0 Å². The largest absolute Gasteiger partial charge is 0.410 e. The summed E-state index contributed by atoms with van der Waals surface area (Å²) in [5.74, 6) is 0.0102. The third kappa shape index (κ3) is 1.77. The molecule has 4 heteroatoms. The quantitative estimate of drug-likeness (QED) is 0.633. The molecule has 0 unspecified atom stereocenters. The first kappa shape index (κ1) is 7.15. The van der Waals surface area contributed by atoms with E-state index in [1.807, 2.05) is 0 Å². The molecule has 0 radical (unpaired) electrons. The summed E-state index contributed by atoms with van der Waals surface area (Å²) in [5, 5.41) is 0.455. The van der Waals surface area contributed by atoms with Crippen molar-refractivity contribution in [2.24, 2.45) is 0 Å². The number of hydrogen-bond acceptors (Lipinski definition) is 2. The third-order valence-corrected chi connectivity index (χ3v) is 1.10. The van der Waals surface area contributed by atoms with Crippen LogP contribution in [0.1, 0.15) is 6.92 Å². The Hall–Kier alpha value is -0.960. The smallest absolute Gasteiger partial charge is 0.309 e. The molecule has 54 valence electrons. The van der Waals surface area contributed by atoms with Crippen molar-refractivity contribution < 1.29 is 9.53 Å². The molecule has 0 saturated carbocycles. The number of nitrogens with one attached hydrogen (secondary N) is 1. The Morgan fingerprint density at radius 2 is 2.40 bits per heavy atom. The summed E-state index contributed by atoms with van der Waals surface area (Å²) in [6.07, 6.45) is 0. The summed E-state index contributed by atoms with van der Waals surface area (Å²) in [7, 11) is 0. The van der Waals surface area contributed by atoms with Crippen LogP contribution in [0, 0.1) is 0 Å². The Labute approximate surface area is 62.9 Å². The zero-order chi connectivity index (χ0) is 7.56. The second-order valence-electron chi connectivity index (χ2n) is 1.76. The number of carbonyl (C=O) groups is 1. The van der Waals surface area contributed by atoms with Gasteiger partial charge in [0, 0.05) is 13.0 Å². The Morgan fingerprint density at radius 1 is 1.70 bits per heavy atom. The molecular weight excluding hydrogens is 154 g/mol. The van der Waals surface area contributed by atoms with Gasteiger partial charge in [-0.15, -0.1) is 0 Å². The molecule has 0 atom stereocenters. The number of esters is 1. The molecule has 0 aliphatic rings. The Kier molecular flexibility index (Phi) is 1.97. The van der Waals surface area contributed by atoms with Gasteiger partial charge < -0.3 is 9.72 Å². The minimum atomic E-state index is -0.362. The molecule has 0 aliphatic heterocycles. The molecule has 1 rings (SSSR count). The van der Waals surface area contributed by atoms with Gasteiger partial charge in [-0.05, 0) is 6.07 Å². The highest BCUT2D eigenvalue weighted by Gasteiger charge is 1.98. The van der Waals surface area contributed by atoms with E-state index in [0.29, 0.717) is 11.0 Å². The van der Waals surface area contributed by atoms with Gasteiger partial charge >= 0.3 is 5.97 Å². The monoisotopic (exact) mass is 159 g/mol. The van der Waals surface area contributed by atoms with Crippen molar-refractivity contribution >= 4 is 17.6 Å². The maximum atomic E-state index is 10.3. The van der Waals surface area contributed by atoms with Crippen LogP contribution in [0.2, 0.25) is 5.15 Å². The summed E-state index contributed by atoms with van der Waals surface area (Å²) >= 11 is 5.50. The van der Waals surface area contributed by atoms with Gasteiger partial charge in [0.1, 0.15) is 5.15 Å². The average molecular weight is 160 g/mol. The Bertz CT molecular complexity index is 244. The van der Waals surface area contributed by atoms with E-state index in [1.165, 1.54) is 6.92 Å². The predicted octanol–water partition coefficient (Wildman–Crippen LogP) is 1.59. The first-order chi connectivity index (χ1) is 4.68. The Morgan fingerprint density at radius 3 is 2.80 bits per heavy atom. The predicted molar refractivity (Wildman–Crippen MR) is 37.1 cm³/mol. The lowest BCUT2D eigenvalue weighted by atomic mass is 10.6. The molecular formula is C6H6ClNO2. The highest BCUT2D eigenvalue weighted by molar-refractivity contribution is 6.29. The van der Waals surface area contributed by atoms with Gasteiger partial charge in [-0.25, -0.2) is 0 Å². The highest BCUT2D eigenvalue weighted by Crippen LogP contribution is 2.13. The Balaban J connectivity index is 2.67. The third-order valence-electron chi connectivity index (χ3n) is 0.877. The van der Waals surface area contributed by atoms with Crippen LogP contribution in [0.4, 0.5) is 0 Å². The highest BCUT2D eigenvalue weighted by atomic mass is 35.5. The minimum absolute atomic E-state index is 0.362. The van der Waals surface area contributed by atoms with Gasteiger partial charge in [0.15, 0.2) is 0 Å². The first-order valence-corrected chi connectivity index (χ1v) is 3.09. The lowest BCUT2D eigenvalue weighted by Gasteiger charge is -1.93. The SMILES string of the molecule is CC(=O)Oc1ccc(Cl)[nH]1. The van der Waals surface area contributed by atoms with E-state index in [2.05, 4.69) is 9.72 Å². The normalized spacial score (nSPS) is 9.40. The molecule has 1 heterocycles. The number of rotatable bonds is 1. The summed E-state index contributed by atoms with van der Waals surface area (Å²) < 4.78 is 4.66. The topological polar surface area (TPSA) is 42.1 Å². The number of aromatic amines is 1. The van der Waals surface area contributed by atoms with Crippen LogP contribution >= 0.6 is 11.6 Å². The summed E-state index contributed by atoms with van der Waals surface area (Å²) in [6, 6.07) is 3.20. The zero-order valence-corrected chi connectivity index (χ0v) is 6.11. The van der Waals surface area contributed by atoms with Crippen LogP contribution in [0.3, 0.4) is 0 Å². The average Bonchev–Trinajstić information content (AvgIpc) is 2.13. The fourth-order valence-electron chi connectivity index (χ4n) is 0.564. The fraction of sp³-hybridized carbons (Fsp3) is 0.167. The van der Waals surface area contributed by atoms with Crippen LogP contribution < -0.4 is 4.74 Å². The lowest BCUT2D eigenvalue weighted by molar-refractivity contribution is -0.132. The minimum Gasteiger partial charge on any atom is -0.410 e. The van der Waals surface area contributed by atoms with Gasteiger partial charge in [-0.2, -0.15) is 0 Å². The van der Waals surface area contributed by atoms with E-state index in [9.17, 15) is 4.79 Å². The van der Waals surface area contributed by atoms with E-state index >= 15 is 0 Å². The van der Waals surface area contributed by atoms with E-state index in [1.54, 1.807) is 12.1 Å². The van der Waals surface area contributed by atoms with Crippen molar-refractivity contribution in [1.29, 1.82) is 0 Å². The standard InChI is InChI=1S/C6H6ClNO2/c1-4(9)10-6-3-2-5(7)8-6/h2-3,8H,1H3. The molecule has 0 aliphatic carbocycles. The molecule has 0 bridgehead atoms. The van der Waals surface area contributed by atoms with Crippen LogP contribution in [0.5, 0.6) is 5.88 Å². The summed E-state index contributed by atoms with van der Waals surface area (Å²) in [5.41, 5.74) is 0. The van der Waals surface area contributed by atoms with Crippen molar-refractivity contribution in [3.8, 4) is 5.88 Å². The molecule has 0 aromatic carbocycles. The second kappa shape index (κ2) is 2.75. The molecule has 1 aromatic rings. The van der Waals surface area contributed by atoms with Gasteiger partial charge in [0.05, 0.1) is 0 Å². The zero-order valence-electron chi connectivity index (χ0n) is 5.35. The maximum absolute atomic E-state index is 10.3. The molecule has 0 saturated heterocycles. The maximum Gasteiger partial charge on any atom is 0.309 e. The fourth-order valence-corrected chi connectivity index (χ4v) is 0.720. The van der Waals surface area contributed by atoms with Crippen molar-refractivity contribution in [3.05, 3.63) is 17.3 Å². The molecule has 0 fully saturated rings. The van der Waals surface area contributed by atoms with Crippen LogP contribution in [-0.4, -0.2) is 11.0 Å². The van der Waals surface area contributed by atoms with Crippen LogP contribution in [0.15, 0.2) is 12.1 Å². The molecule has 0 spiro atoms. The van der Waals surface area contributed by atoms with Gasteiger partial charge in [-0.1, -0.05) is 11.6 Å². The lowest BCUT2D eigenvalue weighted by Crippen LogP contribution is -2.00. The van der Waals surface area contributed by atoms with Crippen molar-refractivity contribution in [2.45, 2.75) is 6.92 Å². The van der Waals surface area contributed by atoms with Gasteiger partial charge in [0.2, 0.25) is 5.88 Å². The van der Waals surface area contributed by atoms with E-state index in [4.69, 9.17) is 11.6 Å². The number of aromatic nitrogens is 1. The van der Waals surface area contributed by atoms with E-state index in [-0.39, 0.29) is 5.97 Å². The van der Waals surface area contributed by atoms with E-state index < -0.39 is 0 Å². The van der Waals surface area contributed by atoms with Crippen molar-refractivity contribution in [1.82, 2.24) is 4.98 Å². The first-order valence-electron chi connectivity index (χ1n) is 2.71. The molecule has 10 heavy (non-hydrogen) atoms. The number of halogens is 1. The van der Waals surface area contributed by atoms with Gasteiger partial charge in [-0.3, -0.25) is 4.79 Å². The molecule has 1 N–H and O–H groups in total. The second-order valence-corrected chi connectivity index (χ2v) is 2.17. The molecule has 1 aromatic heterocycles. The van der Waals surface area contributed by atoms with Crippen molar-refractivity contribution in [3.63, 3.8) is 0 Å². The molecule has 3 nitrogen and oxygen atoms in total. The number of carbonyl (C=O) groups excluding carboxylic acids is 1. The van der Waals surface area contributed by atoms with Crippen LogP contribution in [-0.2, 0) is 4.79 Å². The van der Waals surface area contributed by atoms with Crippen LogP contribution in [0.25, 0.3) is 0 Å². The van der Waals surface area contributed by atoms with E-state index in [0.717, 1.165) is 0 Å². The number of ether oxygens (including phenoxy) is 1. The summed E-state index contributed by atoms with van der Waals surface area (Å²) in [4.78, 5) is 13.0. The molecule has 0 amide bonds.